The van der Waals surface area contributed by atoms with Crippen LogP contribution in [0.4, 0.5) is 0 Å². The SMILES string of the molecule is COc1cccc2c1C(CNCCCCN1C(=O)c3ccccc3S1(=O)=O)CCC2. The van der Waals surface area contributed by atoms with Crippen molar-refractivity contribution in [3.8, 4) is 5.75 Å². The number of hydrogen-bond donors (Lipinski definition) is 1. The molecule has 0 bridgehead atoms. The summed E-state index contributed by atoms with van der Waals surface area (Å²) in [5.41, 5.74) is 2.98. The fourth-order valence-electron chi connectivity index (χ4n) is 4.57. The lowest BCUT2D eigenvalue weighted by Gasteiger charge is -2.27. The second-order valence-electron chi connectivity index (χ2n) is 7.91. The molecule has 2 aromatic carbocycles. The van der Waals surface area contributed by atoms with Crippen LogP contribution < -0.4 is 10.1 Å². The van der Waals surface area contributed by atoms with Crippen molar-refractivity contribution in [3.63, 3.8) is 0 Å². The van der Waals surface area contributed by atoms with Gasteiger partial charge in [0.1, 0.15) is 10.6 Å². The summed E-state index contributed by atoms with van der Waals surface area (Å²) in [5.74, 6) is 0.987. The molecule has 30 heavy (non-hydrogen) atoms. The Morgan fingerprint density at radius 1 is 1.13 bits per heavy atom. The number of nitrogens with zero attached hydrogens (tertiary/aromatic N) is 1. The molecule has 0 fully saturated rings. The number of nitrogens with one attached hydrogen (secondary N) is 1. The number of fused-ring (bicyclic) bond motifs is 2. The van der Waals surface area contributed by atoms with Crippen LogP contribution in [-0.4, -0.2) is 45.4 Å². The van der Waals surface area contributed by atoms with Gasteiger partial charge in [-0.25, -0.2) is 12.7 Å². The van der Waals surface area contributed by atoms with Crippen LogP contribution in [0.15, 0.2) is 47.4 Å². The topological polar surface area (TPSA) is 75.7 Å². The van der Waals surface area contributed by atoms with Crippen LogP contribution >= 0.6 is 0 Å². The van der Waals surface area contributed by atoms with Crippen LogP contribution in [0.2, 0.25) is 0 Å². The molecule has 160 valence electrons. The van der Waals surface area contributed by atoms with Crippen LogP contribution in [0.25, 0.3) is 0 Å². The second kappa shape index (κ2) is 8.78. The van der Waals surface area contributed by atoms with Crippen LogP contribution in [0.1, 0.15) is 53.1 Å². The van der Waals surface area contributed by atoms with Crippen molar-refractivity contribution in [2.75, 3.05) is 26.7 Å². The Kier molecular flexibility index (Phi) is 6.11. The number of carbonyl (C=O) groups is 1. The van der Waals surface area contributed by atoms with Gasteiger partial charge in [0.2, 0.25) is 0 Å². The van der Waals surface area contributed by atoms with Gasteiger partial charge in [0, 0.05) is 24.6 Å². The first-order valence-electron chi connectivity index (χ1n) is 10.6. The maximum absolute atomic E-state index is 12.6. The van der Waals surface area contributed by atoms with Crippen molar-refractivity contribution in [2.24, 2.45) is 0 Å². The van der Waals surface area contributed by atoms with Crippen molar-refractivity contribution in [3.05, 3.63) is 59.2 Å². The normalized spacial score (nSPS) is 19.4. The Bertz CT molecular complexity index is 1020. The predicted octanol–water partition coefficient (Wildman–Crippen LogP) is 3.33. The van der Waals surface area contributed by atoms with Crippen molar-refractivity contribution in [1.29, 1.82) is 0 Å². The van der Waals surface area contributed by atoms with Crippen LogP contribution in [-0.2, 0) is 16.4 Å². The first-order chi connectivity index (χ1) is 14.5. The highest BCUT2D eigenvalue weighted by Crippen LogP contribution is 2.37. The number of carbonyl (C=O) groups excluding carboxylic acids is 1. The molecule has 0 spiro atoms. The van der Waals surface area contributed by atoms with Gasteiger partial charge in [0.25, 0.3) is 15.9 Å². The average molecular weight is 429 g/mol. The largest absolute Gasteiger partial charge is 0.496 e. The summed E-state index contributed by atoms with van der Waals surface area (Å²) in [6.07, 6.45) is 4.86. The van der Waals surface area contributed by atoms with Gasteiger partial charge in [-0.1, -0.05) is 24.3 Å². The van der Waals surface area contributed by atoms with Crippen molar-refractivity contribution in [1.82, 2.24) is 9.62 Å². The van der Waals surface area contributed by atoms with Gasteiger partial charge < -0.3 is 10.1 Å². The quantitative estimate of drug-likeness (QED) is 0.653. The van der Waals surface area contributed by atoms with Crippen molar-refractivity contribution in [2.45, 2.75) is 42.9 Å². The summed E-state index contributed by atoms with van der Waals surface area (Å²) < 4.78 is 31.7. The summed E-state index contributed by atoms with van der Waals surface area (Å²) in [7, 11) is -1.97. The Balaban J connectivity index is 1.26. The molecule has 7 heteroatoms. The molecule has 1 atom stereocenters. The fourth-order valence-corrected chi connectivity index (χ4v) is 6.18. The third-order valence-electron chi connectivity index (χ3n) is 6.05. The highest BCUT2D eigenvalue weighted by atomic mass is 32.2. The van der Waals surface area contributed by atoms with Crippen molar-refractivity contribution >= 4 is 15.9 Å². The van der Waals surface area contributed by atoms with E-state index in [1.807, 2.05) is 6.07 Å². The standard InChI is InChI=1S/C23H28N2O4S/c1-29-20-12-7-9-17-8-6-10-18(22(17)20)16-24-14-4-5-15-25-23(26)19-11-2-3-13-21(19)30(25,27)28/h2-3,7,9,11-13,18,24H,4-6,8,10,14-16H2,1H3. The van der Waals surface area contributed by atoms with Gasteiger partial charge in [0.15, 0.2) is 0 Å². The molecule has 0 saturated carbocycles. The molecule has 0 radical (unpaired) electrons. The lowest BCUT2D eigenvalue weighted by Crippen LogP contribution is -2.31. The second-order valence-corrected chi connectivity index (χ2v) is 9.74. The number of benzene rings is 2. The number of aryl methyl sites for hydroxylation is 1. The van der Waals surface area contributed by atoms with Crippen LogP contribution in [0.5, 0.6) is 5.75 Å². The molecule has 6 nitrogen and oxygen atoms in total. The van der Waals surface area contributed by atoms with Gasteiger partial charge in [-0.15, -0.1) is 0 Å². The molecule has 1 aliphatic carbocycles. The molecule has 1 N–H and O–H groups in total. The molecule has 1 heterocycles. The molecule has 1 amide bonds. The molecule has 2 aliphatic rings. The molecule has 2 aromatic rings. The van der Waals surface area contributed by atoms with E-state index >= 15 is 0 Å². The van der Waals surface area contributed by atoms with E-state index < -0.39 is 15.9 Å². The first kappa shape index (κ1) is 20.9. The molecule has 4 rings (SSSR count). The zero-order chi connectivity index (χ0) is 21.1. The first-order valence-corrected chi connectivity index (χ1v) is 12.0. The minimum absolute atomic E-state index is 0.123. The number of unbranched alkanes of at least 4 members (excludes halogenated alkanes) is 1. The Morgan fingerprint density at radius 3 is 2.77 bits per heavy atom. The van der Waals surface area contributed by atoms with E-state index in [-0.39, 0.29) is 17.0 Å². The van der Waals surface area contributed by atoms with E-state index in [0.717, 1.165) is 42.4 Å². The van der Waals surface area contributed by atoms with Crippen LogP contribution in [0, 0.1) is 0 Å². The summed E-state index contributed by atoms with van der Waals surface area (Å²) in [5, 5.41) is 3.51. The van der Waals surface area contributed by atoms with E-state index in [1.165, 1.54) is 23.6 Å². The third kappa shape index (κ3) is 3.84. The van der Waals surface area contributed by atoms with E-state index in [1.54, 1.807) is 25.3 Å². The highest BCUT2D eigenvalue weighted by molar-refractivity contribution is 7.90. The Labute approximate surface area is 178 Å². The molecular weight excluding hydrogens is 400 g/mol. The van der Waals surface area contributed by atoms with Gasteiger partial charge in [0.05, 0.1) is 12.7 Å². The minimum atomic E-state index is -3.70. The number of hydrogen-bond acceptors (Lipinski definition) is 5. The molecule has 0 aromatic heterocycles. The average Bonchev–Trinajstić information content (AvgIpc) is 2.96. The zero-order valence-electron chi connectivity index (χ0n) is 17.3. The maximum atomic E-state index is 12.6. The highest BCUT2D eigenvalue weighted by Gasteiger charge is 2.40. The smallest absolute Gasteiger partial charge is 0.269 e. The van der Waals surface area contributed by atoms with E-state index in [9.17, 15) is 13.2 Å². The summed E-state index contributed by atoms with van der Waals surface area (Å²) >= 11 is 0. The summed E-state index contributed by atoms with van der Waals surface area (Å²) in [6, 6.07) is 12.7. The molecule has 1 aliphatic heterocycles. The van der Waals surface area contributed by atoms with E-state index in [2.05, 4.69) is 17.4 Å². The summed E-state index contributed by atoms with van der Waals surface area (Å²) in [4.78, 5) is 12.6. The number of sulfonamides is 1. The molecule has 0 saturated heterocycles. The number of amides is 1. The fraction of sp³-hybridized carbons (Fsp3) is 0.435. The monoisotopic (exact) mass is 428 g/mol. The Hall–Kier alpha value is -2.38. The lowest BCUT2D eigenvalue weighted by atomic mass is 9.82. The molecule has 1 unspecified atom stereocenters. The maximum Gasteiger partial charge on any atom is 0.269 e. The zero-order valence-corrected chi connectivity index (χ0v) is 18.1. The van der Waals surface area contributed by atoms with Gasteiger partial charge in [-0.3, -0.25) is 4.79 Å². The van der Waals surface area contributed by atoms with Gasteiger partial charge in [-0.2, -0.15) is 0 Å². The Morgan fingerprint density at radius 2 is 1.97 bits per heavy atom. The van der Waals surface area contributed by atoms with Gasteiger partial charge >= 0.3 is 0 Å². The van der Waals surface area contributed by atoms with E-state index in [0.29, 0.717) is 12.3 Å². The number of ether oxygens (including phenoxy) is 1. The lowest BCUT2D eigenvalue weighted by molar-refractivity contribution is 0.0869. The van der Waals surface area contributed by atoms with Crippen molar-refractivity contribution < 1.29 is 17.9 Å². The van der Waals surface area contributed by atoms with Crippen LogP contribution in [0.3, 0.4) is 0 Å². The van der Waals surface area contributed by atoms with E-state index in [4.69, 9.17) is 4.74 Å². The molecular formula is C23H28N2O4S. The van der Waals surface area contributed by atoms with Gasteiger partial charge in [-0.05, 0) is 62.4 Å². The number of rotatable bonds is 8. The summed E-state index contributed by atoms with van der Waals surface area (Å²) in [6.45, 7) is 1.88. The number of methoxy groups -OCH3 is 1. The predicted molar refractivity (Wildman–Crippen MR) is 115 cm³/mol. The minimum Gasteiger partial charge on any atom is -0.496 e. The third-order valence-corrected chi connectivity index (χ3v) is 7.89.